The largest absolute Gasteiger partial charge is 0.491 e. The van der Waals surface area contributed by atoms with E-state index in [2.05, 4.69) is 27.3 Å². The van der Waals surface area contributed by atoms with Crippen LogP contribution >= 0.6 is 23.2 Å². The van der Waals surface area contributed by atoms with Crippen molar-refractivity contribution in [1.82, 2.24) is 14.9 Å². The van der Waals surface area contributed by atoms with E-state index in [0.717, 1.165) is 37.5 Å². The standard InChI is InChI=1S/C24H26Cl2N4O3/c25-18-1-6-22(23(26)13-18)24(16-29-10-7-28-17-29)32-15-21(33-24)14-31-20-4-2-19(3-5-20)30-11-8-27-9-12-30/h1-7,10,13,17,21,27H,8-9,11-12,14-16H2/t21-,24+/m1/s1. The number of hydrogen-bond acceptors (Lipinski definition) is 6. The second kappa shape index (κ2) is 9.91. The molecule has 7 nitrogen and oxygen atoms in total. The Balaban J connectivity index is 1.26. The van der Waals surface area contributed by atoms with Crippen LogP contribution in [-0.4, -0.2) is 55.0 Å². The monoisotopic (exact) mass is 488 g/mol. The Labute approximate surface area is 203 Å². The molecule has 3 heterocycles. The number of benzene rings is 2. The van der Waals surface area contributed by atoms with Gasteiger partial charge in [0.25, 0.3) is 0 Å². The maximum atomic E-state index is 6.53. The fourth-order valence-electron chi connectivity index (χ4n) is 4.24. The number of piperazine rings is 1. The lowest BCUT2D eigenvalue weighted by Crippen LogP contribution is -2.43. The minimum Gasteiger partial charge on any atom is -0.491 e. The molecule has 174 valence electrons. The van der Waals surface area contributed by atoms with Crippen molar-refractivity contribution in [3.05, 3.63) is 76.8 Å². The van der Waals surface area contributed by atoms with Gasteiger partial charge in [0.1, 0.15) is 18.5 Å². The zero-order valence-corrected chi connectivity index (χ0v) is 19.6. The first-order chi connectivity index (χ1) is 16.1. The van der Waals surface area contributed by atoms with Crippen molar-refractivity contribution in [2.45, 2.75) is 18.4 Å². The Hall–Kier alpha value is -2.29. The molecule has 1 N–H and O–H groups in total. The highest BCUT2D eigenvalue weighted by atomic mass is 35.5. The number of halogens is 2. The average Bonchev–Trinajstić information content (AvgIpc) is 3.49. The third kappa shape index (κ3) is 5.13. The van der Waals surface area contributed by atoms with Crippen molar-refractivity contribution >= 4 is 28.9 Å². The van der Waals surface area contributed by atoms with Gasteiger partial charge in [-0.05, 0) is 36.4 Å². The van der Waals surface area contributed by atoms with Crippen LogP contribution in [0, 0.1) is 0 Å². The zero-order chi connectivity index (χ0) is 22.7. The molecule has 2 aliphatic heterocycles. The maximum Gasteiger partial charge on any atom is 0.215 e. The Kier molecular flexibility index (Phi) is 6.76. The number of ether oxygens (including phenoxy) is 3. The van der Waals surface area contributed by atoms with Crippen LogP contribution in [-0.2, 0) is 21.8 Å². The van der Waals surface area contributed by atoms with E-state index in [-0.39, 0.29) is 6.10 Å². The van der Waals surface area contributed by atoms with Gasteiger partial charge in [0.05, 0.1) is 24.5 Å². The normalized spacial score (nSPS) is 23.1. The van der Waals surface area contributed by atoms with Crippen molar-refractivity contribution in [1.29, 1.82) is 0 Å². The van der Waals surface area contributed by atoms with E-state index in [9.17, 15) is 0 Å². The number of nitrogens with one attached hydrogen (secondary N) is 1. The molecule has 0 radical (unpaired) electrons. The van der Waals surface area contributed by atoms with Crippen LogP contribution in [0.5, 0.6) is 5.75 Å². The summed E-state index contributed by atoms with van der Waals surface area (Å²) < 4.78 is 20.6. The first-order valence-electron chi connectivity index (χ1n) is 11.0. The van der Waals surface area contributed by atoms with E-state index in [1.807, 2.05) is 29.0 Å². The first kappa shape index (κ1) is 22.5. The van der Waals surface area contributed by atoms with Gasteiger partial charge in [0, 0.05) is 54.8 Å². The molecule has 1 aromatic heterocycles. The highest BCUT2D eigenvalue weighted by Gasteiger charge is 2.45. The summed E-state index contributed by atoms with van der Waals surface area (Å²) in [6.45, 7) is 5.20. The molecule has 0 aliphatic carbocycles. The fourth-order valence-corrected chi connectivity index (χ4v) is 4.79. The Morgan fingerprint density at radius 2 is 1.94 bits per heavy atom. The molecule has 2 saturated heterocycles. The minimum absolute atomic E-state index is 0.256. The number of aromatic nitrogens is 2. The molecule has 2 atom stereocenters. The molecule has 2 fully saturated rings. The lowest BCUT2D eigenvalue weighted by Gasteiger charge is -2.30. The lowest BCUT2D eigenvalue weighted by atomic mass is 10.1. The Morgan fingerprint density at radius 1 is 1.12 bits per heavy atom. The lowest BCUT2D eigenvalue weighted by molar-refractivity contribution is -0.189. The average molecular weight is 489 g/mol. The van der Waals surface area contributed by atoms with Gasteiger partial charge in [-0.3, -0.25) is 0 Å². The highest BCUT2D eigenvalue weighted by molar-refractivity contribution is 6.35. The molecule has 0 spiro atoms. The van der Waals surface area contributed by atoms with Crippen molar-refractivity contribution in [3.63, 3.8) is 0 Å². The minimum atomic E-state index is -1.05. The van der Waals surface area contributed by atoms with E-state index in [4.69, 9.17) is 37.4 Å². The second-order valence-electron chi connectivity index (χ2n) is 8.20. The molecule has 9 heteroatoms. The molecule has 0 saturated carbocycles. The number of hydrogen-bond donors (Lipinski definition) is 1. The van der Waals surface area contributed by atoms with Crippen molar-refractivity contribution in [2.75, 3.05) is 44.3 Å². The van der Waals surface area contributed by atoms with Crippen LogP contribution in [0.1, 0.15) is 5.56 Å². The van der Waals surface area contributed by atoms with Gasteiger partial charge < -0.3 is 29.0 Å². The smallest absolute Gasteiger partial charge is 0.215 e. The van der Waals surface area contributed by atoms with Crippen LogP contribution < -0.4 is 15.0 Å². The van der Waals surface area contributed by atoms with Gasteiger partial charge in [-0.15, -0.1) is 0 Å². The summed E-state index contributed by atoms with van der Waals surface area (Å²) >= 11 is 12.6. The molecule has 0 unspecified atom stereocenters. The summed E-state index contributed by atoms with van der Waals surface area (Å²) in [5, 5.41) is 4.43. The molecule has 3 aromatic rings. The van der Waals surface area contributed by atoms with Crippen LogP contribution in [0.2, 0.25) is 10.0 Å². The van der Waals surface area contributed by atoms with Gasteiger partial charge in [-0.25, -0.2) is 4.98 Å². The molecule has 5 rings (SSSR count). The maximum absolute atomic E-state index is 6.53. The summed E-state index contributed by atoms with van der Waals surface area (Å²) in [6, 6.07) is 13.5. The molecule has 33 heavy (non-hydrogen) atoms. The van der Waals surface area contributed by atoms with E-state index in [1.54, 1.807) is 24.7 Å². The number of rotatable bonds is 7. The van der Waals surface area contributed by atoms with E-state index in [1.165, 1.54) is 5.69 Å². The van der Waals surface area contributed by atoms with Gasteiger partial charge in [-0.1, -0.05) is 29.3 Å². The molecule has 2 aliphatic rings. The second-order valence-corrected chi connectivity index (χ2v) is 9.05. The van der Waals surface area contributed by atoms with Crippen LogP contribution in [0.15, 0.2) is 61.2 Å². The third-order valence-electron chi connectivity index (χ3n) is 5.91. The number of imidazole rings is 1. The molecule has 0 bridgehead atoms. The number of anilines is 1. The summed E-state index contributed by atoms with van der Waals surface area (Å²) in [7, 11) is 0. The predicted molar refractivity (Wildman–Crippen MR) is 128 cm³/mol. The number of nitrogens with zero attached hydrogens (tertiary/aromatic N) is 3. The predicted octanol–water partition coefficient (Wildman–Crippen LogP) is 3.95. The van der Waals surface area contributed by atoms with E-state index in [0.29, 0.717) is 29.8 Å². The van der Waals surface area contributed by atoms with Crippen molar-refractivity contribution in [3.8, 4) is 5.75 Å². The van der Waals surface area contributed by atoms with Crippen molar-refractivity contribution < 1.29 is 14.2 Å². The van der Waals surface area contributed by atoms with Gasteiger partial charge >= 0.3 is 0 Å². The SMILES string of the molecule is Clc1ccc([C@@]2(Cn3ccnc3)OC[C@@H](COc3ccc(N4CCNCC4)cc3)O2)c(Cl)c1. The van der Waals surface area contributed by atoms with Crippen LogP contribution in [0.3, 0.4) is 0 Å². The fraction of sp³-hybridized carbons (Fsp3) is 0.375. The highest BCUT2D eigenvalue weighted by Crippen LogP contribution is 2.40. The van der Waals surface area contributed by atoms with Crippen molar-refractivity contribution in [2.24, 2.45) is 0 Å². The summed E-state index contributed by atoms with van der Waals surface area (Å²) in [5.74, 6) is -0.253. The summed E-state index contributed by atoms with van der Waals surface area (Å²) in [4.78, 5) is 6.50. The van der Waals surface area contributed by atoms with Gasteiger partial charge in [-0.2, -0.15) is 0 Å². The van der Waals surface area contributed by atoms with E-state index >= 15 is 0 Å². The first-order valence-corrected chi connectivity index (χ1v) is 11.8. The zero-order valence-electron chi connectivity index (χ0n) is 18.1. The topological polar surface area (TPSA) is 60.8 Å². The van der Waals surface area contributed by atoms with E-state index < -0.39 is 5.79 Å². The molecule has 2 aromatic carbocycles. The molecular weight excluding hydrogens is 463 g/mol. The molecule has 0 amide bonds. The molecular formula is C24H26Cl2N4O3. The van der Waals surface area contributed by atoms with Crippen LogP contribution in [0.4, 0.5) is 5.69 Å². The quantitative estimate of drug-likeness (QED) is 0.543. The Morgan fingerprint density at radius 3 is 2.67 bits per heavy atom. The summed E-state index contributed by atoms with van der Waals surface area (Å²) in [6.07, 6.45) is 5.05. The van der Waals surface area contributed by atoms with Gasteiger partial charge in [0.15, 0.2) is 0 Å². The van der Waals surface area contributed by atoms with Gasteiger partial charge in [0.2, 0.25) is 5.79 Å². The Bertz CT molecular complexity index is 1060. The summed E-state index contributed by atoms with van der Waals surface area (Å²) in [5.41, 5.74) is 1.94. The third-order valence-corrected chi connectivity index (χ3v) is 6.45. The van der Waals surface area contributed by atoms with Crippen LogP contribution in [0.25, 0.3) is 0 Å².